The number of ether oxygens (including phenoxy) is 1. The van der Waals surface area contributed by atoms with Crippen molar-refractivity contribution in [2.75, 3.05) is 26.2 Å². The highest BCUT2D eigenvalue weighted by Gasteiger charge is 2.25. The van der Waals surface area contributed by atoms with Crippen molar-refractivity contribution in [3.8, 4) is 5.75 Å². The van der Waals surface area contributed by atoms with E-state index in [0.29, 0.717) is 6.54 Å². The van der Waals surface area contributed by atoms with E-state index in [-0.39, 0.29) is 6.04 Å². The third-order valence-corrected chi connectivity index (χ3v) is 4.63. The van der Waals surface area contributed by atoms with Crippen LogP contribution in [0.2, 0.25) is 5.02 Å². The number of halogens is 1. The van der Waals surface area contributed by atoms with Crippen LogP contribution in [-0.2, 0) is 0 Å². The Morgan fingerprint density at radius 3 is 2.68 bits per heavy atom. The van der Waals surface area contributed by atoms with Crippen LogP contribution >= 0.6 is 11.6 Å². The van der Waals surface area contributed by atoms with Gasteiger partial charge in [0.1, 0.15) is 5.75 Å². The van der Waals surface area contributed by atoms with Crippen LogP contribution in [0.3, 0.4) is 0 Å². The summed E-state index contributed by atoms with van der Waals surface area (Å²) in [5, 5.41) is 0.756. The first-order valence-corrected chi connectivity index (χ1v) is 9.00. The molecule has 124 valence electrons. The van der Waals surface area contributed by atoms with Gasteiger partial charge in [-0.3, -0.25) is 4.90 Å². The first-order chi connectivity index (χ1) is 10.8. The number of rotatable bonds is 9. The first-order valence-electron chi connectivity index (χ1n) is 8.62. The SMILES string of the molecule is CCCCCCOc1ccc(Cl)cc1C(CN)N1CCCC1. The zero-order chi connectivity index (χ0) is 15.8. The molecule has 1 unspecified atom stereocenters. The Morgan fingerprint density at radius 1 is 1.23 bits per heavy atom. The van der Waals surface area contributed by atoms with E-state index in [2.05, 4.69) is 11.8 Å². The minimum Gasteiger partial charge on any atom is -0.493 e. The second kappa shape index (κ2) is 9.39. The van der Waals surface area contributed by atoms with E-state index in [9.17, 15) is 0 Å². The fourth-order valence-corrected chi connectivity index (χ4v) is 3.33. The third kappa shape index (κ3) is 4.87. The monoisotopic (exact) mass is 324 g/mol. The van der Waals surface area contributed by atoms with Gasteiger partial charge in [0.05, 0.1) is 12.6 Å². The van der Waals surface area contributed by atoms with Gasteiger partial charge < -0.3 is 10.5 Å². The van der Waals surface area contributed by atoms with Gasteiger partial charge in [-0.2, -0.15) is 0 Å². The number of unbranched alkanes of at least 4 members (excludes halogenated alkanes) is 3. The van der Waals surface area contributed by atoms with Gasteiger partial charge in [-0.05, 0) is 50.6 Å². The van der Waals surface area contributed by atoms with Gasteiger partial charge in [-0.1, -0.05) is 37.8 Å². The lowest BCUT2D eigenvalue weighted by Crippen LogP contribution is -2.31. The lowest BCUT2D eigenvalue weighted by molar-refractivity contribution is 0.237. The molecule has 22 heavy (non-hydrogen) atoms. The van der Waals surface area contributed by atoms with E-state index < -0.39 is 0 Å². The molecule has 1 fully saturated rings. The molecule has 0 radical (unpaired) electrons. The molecule has 0 amide bonds. The van der Waals surface area contributed by atoms with Crippen molar-refractivity contribution in [2.24, 2.45) is 5.73 Å². The summed E-state index contributed by atoms with van der Waals surface area (Å²) in [6, 6.07) is 6.14. The molecule has 2 N–H and O–H groups in total. The van der Waals surface area contributed by atoms with E-state index in [1.165, 1.54) is 32.1 Å². The fraction of sp³-hybridized carbons (Fsp3) is 0.667. The van der Waals surface area contributed by atoms with Crippen molar-refractivity contribution in [2.45, 2.75) is 51.5 Å². The van der Waals surface area contributed by atoms with Crippen LogP contribution in [-0.4, -0.2) is 31.1 Å². The van der Waals surface area contributed by atoms with Crippen LogP contribution in [0.1, 0.15) is 57.1 Å². The van der Waals surface area contributed by atoms with Crippen LogP contribution in [0.15, 0.2) is 18.2 Å². The van der Waals surface area contributed by atoms with Crippen molar-refractivity contribution in [1.29, 1.82) is 0 Å². The summed E-state index contributed by atoms with van der Waals surface area (Å²) in [5.74, 6) is 0.947. The summed E-state index contributed by atoms with van der Waals surface area (Å²) in [4.78, 5) is 2.45. The van der Waals surface area contributed by atoms with Gasteiger partial charge in [-0.15, -0.1) is 0 Å². The molecule has 0 bridgehead atoms. The zero-order valence-corrected chi connectivity index (χ0v) is 14.4. The number of likely N-dealkylation sites (tertiary alicyclic amines) is 1. The quantitative estimate of drug-likeness (QED) is 0.684. The van der Waals surface area contributed by atoms with Gasteiger partial charge in [0.15, 0.2) is 0 Å². The molecule has 1 saturated heterocycles. The average Bonchev–Trinajstić information content (AvgIpc) is 3.04. The molecular weight excluding hydrogens is 296 g/mol. The summed E-state index contributed by atoms with van der Waals surface area (Å²) >= 11 is 6.21. The van der Waals surface area contributed by atoms with Crippen LogP contribution in [0.25, 0.3) is 0 Å². The van der Waals surface area contributed by atoms with E-state index in [0.717, 1.165) is 42.5 Å². The molecule has 0 aliphatic carbocycles. The second-order valence-corrected chi connectivity index (χ2v) is 6.52. The lowest BCUT2D eigenvalue weighted by Gasteiger charge is -2.28. The average molecular weight is 325 g/mol. The van der Waals surface area contributed by atoms with Crippen molar-refractivity contribution < 1.29 is 4.74 Å². The van der Waals surface area contributed by atoms with Gasteiger partial charge in [0.2, 0.25) is 0 Å². The minimum absolute atomic E-state index is 0.215. The summed E-state index contributed by atoms with van der Waals surface area (Å²) in [5.41, 5.74) is 7.20. The molecule has 4 heteroatoms. The molecule has 1 atom stereocenters. The van der Waals surface area contributed by atoms with Crippen molar-refractivity contribution in [3.63, 3.8) is 0 Å². The zero-order valence-electron chi connectivity index (χ0n) is 13.7. The largest absolute Gasteiger partial charge is 0.493 e. The smallest absolute Gasteiger partial charge is 0.124 e. The number of nitrogens with two attached hydrogens (primary N) is 1. The van der Waals surface area contributed by atoms with Crippen LogP contribution in [0.5, 0.6) is 5.75 Å². The molecule has 1 aromatic rings. The molecule has 1 aliphatic rings. The number of hydrogen-bond donors (Lipinski definition) is 1. The van der Waals surface area contributed by atoms with Gasteiger partial charge in [0, 0.05) is 17.1 Å². The molecule has 2 rings (SSSR count). The van der Waals surface area contributed by atoms with Crippen molar-refractivity contribution in [3.05, 3.63) is 28.8 Å². The molecule has 0 spiro atoms. The molecular formula is C18H29ClN2O. The highest BCUT2D eigenvalue weighted by atomic mass is 35.5. The van der Waals surface area contributed by atoms with Crippen molar-refractivity contribution >= 4 is 11.6 Å². The molecule has 0 aromatic heterocycles. The number of benzene rings is 1. The number of hydrogen-bond acceptors (Lipinski definition) is 3. The molecule has 0 saturated carbocycles. The predicted octanol–water partition coefficient (Wildman–Crippen LogP) is 4.39. The minimum atomic E-state index is 0.215. The Bertz CT molecular complexity index is 447. The molecule has 1 aliphatic heterocycles. The third-order valence-electron chi connectivity index (χ3n) is 4.39. The van der Waals surface area contributed by atoms with Gasteiger partial charge in [-0.25, -0.2) is 0 Å². The fourth-order valence-electron chi connectivity index (χ4n) is 3.15. The molecule has 3 nitrogen and oxygen atoms in total. The summed E-state index contributed by atoms with van der Waals surface area (Å²) in [6.07, 6.45) is 7.36. The first kappa shape index (κ1) is 17.6. The Labute approximate surface area is 139 Å². The van der Waals surface area contributed by atoms with Crippen molar-refractivity contribution in [1.82, 2.24) is 4.90 Å². The van der Waals surface area contributed by atoms with E-state index in [1.54, 1.807) is 0 Å². The van der Waals surface area contributed by atoms with Gasteiger partial charge in [0.25, 0.3) is 0 Å². The van der Waals surface area contributed by atoms with E-state index in [1.807, 2.05) is 18.2 Å². The highest BCUT2D eigenvalue weighted by Crippen LogP contribution is 2.33. The summed E-state index contributed by atoms with van der Waals surface area (Å²) in [7, 11) is 0. The summed E-state index contributed by atoms with van der Waals surface area (Å²) in [6.45, 7) is 5.83. The molecule has 1 heterocycles. The number of nitrogens with zero attached hydrogens (tertiary/aromatic N) is 1. The Balaban J connectivity index is 2.05. The van der Waals surface area contributed by atoms with Crippen LogP contribution < -0.4 is 10.5 Å². The molecule has 1 aromatic carbocycles. The Hall–Kier alpha value is -0.770. The maximum Gasteiger partial charge on any atom is 0.124 e. The van der Waals surface area contributed by atoms with Crippen LogP contribution in [0.4, 0.5) is 0 Å². The van der Waals surface area contributed by atoms with Gasteiger partial charge >= 0.3 is 0 Å². The topological polar surface area (TPSA) is 38.5 Å². The van der Waals surface area contributed by atoms with Crippen LogP contribution in [0, 0.1) is 0 Å². The lowest BCUT2D eigenvalue weighted by atomic mass is 10.0. The Kier molecular flexibility index (Phi) is 7.50. The maximum absolute atomic E-state index is 6.21. The summed E-state index contributed by atoms with van der Waals surface area (Å²) < 4.78 is 6.04. The highest BCUT2D eigenvalue weighted by molar-refractivity contribution is 6.30. The Morgan fingerprint density at radius 2 is 2.00 bits per heavy atom. The predicted molar refractivity (Wildman–Crippen MR) is 93.7 cm³/mol. The normalized spacial score (nSPS) is 16.9. The maximum atomic E-state index is 6.21. The van der Waals surface area contributed by atoms with E-state index >= 15 is 0 Å². The van der Waals surface area contributed by atoms with E-state index in [4.69, 9.17) is 22.1 Å². The standard InChI is InChI=1S/C18H29ClN2O/c1-2-3-4-7-12-22-18-9-8-15(19)13-16(18)17(14-20)21-10-5-6-11-21/h8-9,13,17H,2-7,10-12,14,20H2,1H3. The second-order valence-electron chi connectivity index (χ2n) is 6.09.